The Morgan fingerprint density at radius 2 is 2.04 bits per heavy atom. The fraction of sp³-hybridized carbons (Fsp3) is 0.211. The number of benzene rings is 2. The van der Waals surface area contributed by atoms with E-state index < -0.39 is 0 Å². The Morgan fingerprint density at radius 3 is 2.81 bits per heavy atom. The maximum Gasteiger partial charge on any atom is 0.262 e. The summed E-state index contributed by atoms with van der Waals surface area (Å²) in [6, 6.07) is 13.4. The fourth-order valence-corrected chi connectivity index (χ4v) is 3.03. The van der Waals surface area contributed by atoms with Crippen molar-refractivity contribution < 1.29 is 14.3 Å². The largest absolute Gasteiger partial charge is 0.482 e. The lowest BCUT2D eigenvalue weighted by atomic mass is 10.1. The maximum atomic E-state index is 12.0. The topological polar surface area (TPSA) is 79.8 Å². The second-order valence-corrected chi connectivity index (χ2v) is 6.93. The lowest BCUT2D eigenvalue weighted by Gasteiger charge is -2.18. The Bertz CT molecular complexity index is 863. The molecular formula is C19H19N3O3S. The number of thioether (sulfide) groups is 1. The molecule has 134 valence electrons. The van der Waals surface area contributed by atoms with Crippen molar-refractivity contribution in [3.05, 3.63) is 53.6 Å². The van der Waals surface area contributed by atoms with E-state index >= 15 is 0 Å². The average Bonchev–Trinajstić information content (AvgIpc) is 2.65. The summed E-state index contributed by atoms with van der Waals surface area (Å²) in [6.45, 7) is 3.84. The zero-order valence-electron chi connectivity index (χ0n) is 14.5. The fourth-order valence-electron chi connectivity index (χ4n) is 2.33. The quantitative estimate of drug-likeness (QED) is 0.482. The molecule has 26 heavy (non-hydrogen) atoms. The highest BCUT2D eigenvalue weighted by molar-refractivity contribution is 8.00. The first-order valence-electron chi connectivity index (χ1n) is 8.11. The molecule has 0 spiro atoms. The zero-order chi connectivity index (χ0) is 18.5. The molecule has 0 aromatic heterocycles. The van der Waals surface area contributed by atoms with E-state index in [1.807, 2.05) is 37.3 Å². The molecule has 2 N–H and O–H groups in total. The molecule has 2 aromatic carbocycles. The van der Waals surface area contributed by atoms with E-state index in [4.69, 9.17) is 4.74 Å². The van der Waals surface area contributed by atoms with Crippen LogP contribution in [0.2, 0.25) is 0 Å². The van der Waals surface area contributed by atoms with Crippen LogP contribution in [0.15, 0.2) is 52.5 Å². The van der Waals surface area contributed by atoms with E-state index in [2.05, 4.69) is 15.8 Å². The second-order valence-electron chi connectivity index (χ2n) is 5.88. The van der Waals surface area contributed by atoms with E-state index in [-0.39, 0.29) is 24.2 Å². The lowest BCUT2D eigenvalue weighted by molar-refractivity contribution is -0.119. The Kier molecular flexibility index (Phi) is 5.58. The van der Waals surface area contributed by atoms with Gasteiger partial charge in [-0.15, -0.1) is 11.8 Å². The van der Waals surface area contributed by atoms with Crippen molar-refractivity contribution in [1.82, 2.24) is 5.43 Å². The van der Waals surface area contributed by atoms with Crippen molar-refractivity contribution in [2.75, 3.05) is 17.7 Å². The van der Waals surface area contributed by atoms with Crippen LogP contribution in [-0.2, 0) is 9.59 Å². The number of hydrazone groups is 1. The van der Waals surface area contributed by atoms with E-state index in [1.54, 1.807) is 19.1 Å². The summed E-state index contributed by atoms with van der Waals surface area (Å²) < 4.78 is 5.33. The van der Waals surface area contributed by atoms with E-state index in [9.17, 15) is 9.59 Å². The van der Waals surface area contributed by atoms with Gasteiger partial charge in [0.1, 0.15) is 5.75 Å². The molecule has 0 fully saturated rings. The molecule has 0 radical (unpaired) electrons. The minimum absolute atomic E-state index is 0.0219. The maximum absolute atomic E-state index is 12.0. The number of amides is 2. The predicted octanol–water partition coefficient (Wildman–Crippen LogP) is 2.96. The van der Waals surface area contributed by atoms with Gasteiger partial charge in [0.05, 0.1) is 17.2 Å². The molecule has 2 aromatic rings. The molecule has 0 aliphatic carbocycles. The Labute approximate surface area is 156 Å². The number of carbonyl (C=O) groups is 2. The number of hydrogen-bond acceptors (Lipinski definition) is 5. The van der Waals surface area contributed by atoms with Crippen molar-refractivity contribution in [3.8, 4) is 5.75 Å². The van der Waals surface area contributed by atoms with E-state index in [0.29, 0.717) is 17.1 Å². The molecule has 0 saturated heterocycles. The normalized spacial score (nSPS) is 13.5. The predicted molar refractivity (Wildman–Crippen MR) is 103 cm³/mol. The highest BCUT2D eigenvalue weighted by Gasteiger charge is 2.16. The summed E-state index contributed by atoms with van der Waals surface area (Å²) in [5, 5.41) is 6.89. The lowest BCUT2D eigenvalue weighted by Crippen LogP contribution is -2.25. The molecule has 6 nitrogen and oxygen atoms in total. The molecule has 2 amide bonds. The van der Waals surface area contributed by atoms with Crippen LogP contribution < -0.4 is 15.5 Å². The van der Waals surface area contributed by atoms with Crippen molar-refractivity contribution in [2.24, 2.45) is 5.10 Å². The van der Waals surface area contributed by atoms with Gasteiger partial charge in [-0.3, -0.25) is 9.59 Å². The van der Waals surface area contributed by atoms with Gasteiger partial charge in [0.15, 0.2) is 6.61 Å². The third-order valence-electron chi connectivity index (χ3n) is 3.77. The van der Waals surface area contributed by atoms with Crippen LogP contribution in [0.5, 0.6) is 5.75 Å². The molecule has 0 saturated carbocycles. The summed E-state index contributed by atoms with van der Waals surface area (Å²) in [4.78, 5) is 24.4. The average molecular weight is 369 g/mol. The highest BCUT2D eigenvalue weighted by Crippen LogP contribution is 2.28. The monoisotopic (exact) mass is 369 g/mol. The smallest absolute Gasteiger partial charge is 0.262 e. The molecular weight excluding hydrogens is 350 g/mol. The second kappa shape index (κ2) is 8.05. The van der Waals surface area contributed by atoms with Crippen LogP contribution in [-0.4, -0.2) is 29.9 Å². The van der Waals surface area contributed by atoms with Crippen molar-refractivity contribution in [2.45, 2.75) is 18.7 Å². The first-order chi connectivity index (χ1) is 12.5. The van der Waals surface area contributed by atoms with Crippen molar-refractivity contribution in [3.63, 3.8) is 0 Å². The summed E-state index contributed by atoms with van der Waals surface area (Å²) in [6.07, 6.45) is 0. The number of aryl methyl sites for hydroxylation is 1. The third-order valence-corrected chi connectivity index (χ3v) is 4.78. The third kappa shape index (κ3) is 4.64. The van der Waals surface area contributed by atoms with Gasteiger partial charge < -0.3 is 10.1 Å². The van der Waals surface area contributed by atoms with Crippen LogP contribution in [0.4, 0.5) is 5.69 Å². The first-order valence-corrected chi connectivity index (χ1v) is 9.09. The number of nitrogens with zero attached hydrogens (tertiary/aromatic N) is 1. The molecule has 0 atom stereocenters. The van der Waals surface area contributed by atoms with Gasteiger partial charge in [0.25, 0.3) is 5.91 Å². The minimum Gasteiger partial charge on any atom is -0.482 e. The van der Waals surface area contributed by atoms with Gasteiger partial charge in [-0.05, 0) is 49.7 Å². The minimum atomic E-state index is -0.189. The number of ether oxygens (including phenoxy) is 1. The van der Waals surface area contributed by atoms with Gasteiger partial charge >= 0.3 is 0 Å². The molecule has 0 unspecified atom stereocenters. The number of carbonyl (C=O) groups excluding carboxylic acids is 2. The summed E-state index contributed by atoms with van der Waals surface area (Å²) >= 11 is 1.46. The zero-order valence-corrected chi connectivity index (χ0v) is 15.4. The molecule has 1 aliphatic rings. The van der Waals surface area contributed by atoms with Crippen LogP contribution in [0.3, 0.4) is 0 Å². The van der Waals surface area contributed by atoms with Crippen molar-refractivity contribution in [1.29, 1.82) is 0 Å². The number of hydrogen-bond donors (Lipinski definition) is 2. The van der Waals surface area contributed by atoms with E-state index in [1.165, 1.54) is 17.3 Å². The van der Waals surface area contributed by atoms with Gasteiger partial charge in [0.2, 0.25) is 5.91 Å². The highest BCUT2D eigenvalue weighted by atomic mass is 32.2. The SMILES string of the molecule is C/C(=N/NC(=O)CSc1ccc(C)cc1)c1ccc2c(c1)NC(=O)CO2. The Hall–Kier alpha value is -2.80. The van der Waals surface area contributed by atoms with E-state index in [0.717, 1.165) is 10.5 Å². The van der Waals surface area contributed by atoms with Gasteiger partial charge in [-0.1, -0.05) is 17.7 Å². The Balaban J connectivity index is 1.57. The molecule has 7 heteroatoms. The van der Waals surface area contributed by atoms with Gasteiger partial charge in [-0.25, -0.2) is 5.43 Å². The number of nitrogens with one attached hydrogen (secondary N) is 2. The van der Waals surface area contributed by atoms with Crippen LogP contribution in [0, 0.1) is 6.92 Å². The number of rotatable bonds is 5. The number of fused-ring (bicyclic) bond motifs is 1. The molecule has 1 aliphatic heterocycles. The van der Waals surface area contributed by atoms with Gasteiger partial charge in [-0.2, -0.15) is 5.10 Å². The molecule has 3 rings (SSSR count). The first kappa shape index (κ1) is 18.0. The van der Waals surface area contributed by atoms with Crippen LogP contribution in [0.25, 0.3) is 0 Å². The molecule has 1 heterocycles. The summed E-state index contributed by atoms with van der Waals surface area (Å²) in [5.41, 5.74) is 5.79. The van der Waals surface area contributed by atoms with Crippen LogP contribution in [0.1, 0.15) is 18.1 Å². The van der Waals surface area contributed by atoms with Crippen LogP contribution >= 0.6 is 11.8 Å². The number of anilines is 1. The standard InChI is InChI=1S/C19H19N3O3S/c1-12-3-6-15(7-4-12)26-11-19(24)22-21-13(2)14-5-8-17-16(9-14)20-18(23)10-25-17/h3-9H,10-11H2,1-2H3,(H,20,23)(H,22,24)/b21-13-. The van der Waals surface area contributed by atoms with Crippen molar-refractivity contribution >= 4 is 35.0 Å². The Morgan fingerprint density at radius 1 is 1.27 bits per heavy atom. The summed E-state index contributed by atoms with van der Waals surface area (Å²) in [7, 11) is 0. The summed E-state index contributed by atoms with van der Waals surface area (Å²) in [5.74, 6) is 0.545. The van der Waals surface area contributed by atoms with Gasteiger partial charge in [0, 0.05) is 4.90 Å². The molecule has 0 bridgehead atoms.